The fourth-order valence-corrected chi connectivity index (χ4v) is 3.68. The Bertz CT molecular complexity index is 993. The molecule has 1 aromatic carbocycles. The molecule has 0 unspecified atom stereocenters. The van der Waals surface area contributed by atoms with Gasteiger partial charge in [0.25, 0.3) is 0 Å². The van der Waals surface area contributed by atoms with Gasteiger partial charge in [-0.25, -0.2) is 4.98 Å². The smallest absolute Gasteiger partial charge is 0.231 e. The molecule has 2 aromatic heterocycles. The molecule has 0 spiro atoms. The van der Waals surface area contributed by atoms with Crippen LogP contribution in [0.3, 0.4) is 0 Å². The molecule has 8 nitrogen and oxygen atoms in total. The second-order valence-corrected chi connectivity index (χ2v) is 6.80. The molecule has 3 aromatic rings. The van der Waals surface area contributed by atoms with E-state index < -0.39 is 0 Å². The predicted octanol–water partition coefficient (Wildman–Crippen LogP) is 2.70. The molecule has 134 valence electrons. The first-order chi connectivity index (χ1) is 12.7. The zero-order valence-corrected chi connectivity index (χ0v) is 14.5. The molecule has 2 aliphatic rings. The van der Waals surface area contributed by atoms with E-state index in [9.17, 15) is 0 Å². The van der Waals surface area contributed by atoms with Crippen LogP contribution < -0.4 is 20.5 Å². The second kappa shape index (κ2) is 5.76. The highest BCUT2D eigenvalue weighted by atomic mass is 16.7. The number of nitrogens with one attached hydrogen (secondary N) is 1. The van der Waals surface area contributed by atoms with Crippen molar-refractivity contribution in [3.8, 4) is 22.8 Å². The maximum absolute atomic E-state index is 6.25. The van der Waals surface area contributed by atoms with E-state index in [4.69, 9.17) is 20.2 Å². The van der Waals surface area contributed by atoms with Crippen molar-refractivity contribution in [3.05, 3.63) is 18.2 Å². The zero-order valence-electron chi connectivity index (χ0n) is 14.5. The predicted molar refractivity (Wildman–Crippen MR) is 98.2 cm³/mol. The number of ether oxygens (including phenoxy) is 2. The number of aromatic nitrogens is 4. The standard InChI is InChI=1S/C18H20N6O2/c1-24-16(19)14-15(10-6-7-12-13(8-10)26-9-25-12)21-18(22-17(14)23-24)20-11-4-2-3-5-11/h6-8,11H,2-5,9,19H2,1H3,(H,20,22,23). The van der Waals surface area contributed by atoms with Crippen molar-refractivity contribution in [1.82, 2.24) is 19.7 Å². The maximum atomic E-state index is 6.25. The van der Waals surface area contributed by atoms with Crippen molar-refractivity contribution in [2.45, 2.75) is 31.7 Å². The van der Waals surface area contributed by atoms with Crippen LogP contribution in [0.25, 0.3) is 22.3 Å². The highest BCUT2D eigenvalue weighted by Gasteiger charge is 2.22. The highest BCUT2D eigenvalue weighted by molar-refractivity contribution is 5.99. The second-order valence-electron chi connectivity index (χ2n) is 6.80. The molecule has 1 fully saturated rings. The number of nitrogen functional groups attached to an aromatic ring is 1. The van der Waals surface area contributed by atoms with Crippen molar-refractivity contribution < 1.29 is 9.47 Å². The molecule has 0 radical (unpaired) electrons. The van der Waals surface area contributed by atoms with Crippen molar-refractivity contribution >= 4 is 22.8 Å². The summed E-state index contributed by atoms with van der Waals surface area (Å²) in [6, 6.07) is 6.19. The molecule has 1 saturated carbocycles. The number of nitrogens with two attached hydrogens (primary N) is 1. The van der Waals surface area contributed by atoms with Gasteiger partial charge in [0.15, 0.2) is 17.1 Å². The Labute approximate surface area is 150 Å². The minimum absolute atomic E-state index is 0.238. The van der Waals surface area contributed by atoms with Gasteiger partial charge in [-0.2, -0.15) is 10.1 Å². The Hall–Kier alpha value is -3.03. The van der Waals surface area contributed by atoms with Crippen LogP contribution in [0.1, 0.15) is 25.7 Å². The maximum Gasteiger partial charge on any atom is 0.231 e. The lowest BCUT2D eigenvalue weighted by Gasteiger charge is -2.13. The Morgan fingerprint density at radius 3 is 2.81 bits per heavy atom. The fraction of sp³-hybridized carbons (Fsp3) is 0.389. The summed E-state index contributed by atoms with van der Waals surface area (Å²) in [5, 5.41) is 8.66. The third kappa shape index (κ3) is 2.40. The molecule has 3 N–H and O–H groups in total. The Kier molecular flexibility index (Phi) is 3.37. The number of benzene rings is 1. The summed E-state index contributed by atoms with van der Waals surface area (Å²) in [4.78, 5) is 9.37. The van der Waals surface area contributed by atoms with Crippen molar-refractivity contribution in [2.75, 3.05) is 17.8 Å². The van der Waals surface area contributed by atoms with Crippen LogP contribution in [0.5, 0.6) is 11.5 Å². The summed E-state index contributed by atoms with van der Waals surface area (Å²) in [6.45, 7) is 0.238. The number of nitrogens with zero attached hydrogens (tertiary/aromatic N) is 4. The molecule has 3 heterocycles. The molecule has 1 aliphatic carbocycles. The van der Waals surface area contributed by atoms with Gasteiger partial charge < -0.3 is 20.5 Å². The normalized spacial score (nSPS) is 16.5. The minimum Gasteiger partial charge on any atom is -0.454 e. The SMILES string of the molecule is Cn1nc2nc(NC3CCCC3)nc(-c3ccc4c(c3)OCO4)c2c1N. The monoisotopic (exact) mass is 352 g/mol. The Morgan fingerprint density at radius 1 is 1.15 bits per heavy atom. The van der Waals surface area contributed by atoms with Gasteiger partial charge in [0.05, 0.1) is 11.1 Å². The van der Waals surface area contributed by atoms with E-state index in [1.54, 1.807) is 4.68 Å². The molecular weight excluding hydrogens is 332 g/mol. The third-order valence-electron chi connectivity index (χ3n) is 5.07. The first-order valence-corrected chi connectivity index (χ1v) is 8.86. The minimum atomic E-state index is 0.238. The summed E-state index contributed by atoms with van der Waals surface area (Å²) < 4.78 is 12.6. The Morgan fingerprint density at radius 2 is 1.96 bits per heavy atom. The third-order valence-corrected chi connectivity index (χ3v) is 5.07. The molecule has 8 heteroatoms. The summed E-state index contributed by atoms with van der Waals surface area (Å²) in [7, 11) is 1.81. The van der Waals surface area contributed by atoms with Crippen LogP contribution >= 0.6 is 0 Å². The van der Waals surface area contributed by atoms with E-state index in [1.807, 2.05) is 25.2 Å². The van der Waals surface area contributed by atoms with Gasteiger partial charge in [-0.05, 0) is 31.0 Å². The van der Waals surface area contributed by atoms with Crippen LogP contribution in [0.2, 0.25) is 0 Å². The molecular formula is C18H20N6O2. The van der Waals surface area contributed by atoms with Gasteiger partial charge in [0.1, 0.15) is 5.82 Å². The van der Waals surface area contributed by atoms with Gasteiger partial charge in [0, 0.05) is 18.7 Å². The first-order valence-electron chi connectivity index (χ1n) is 8.86. The summed E-state index contributed by atoms with van der Waals surface area (Å²) in [5.41, 5.74) is 8.49. The quantitative estimate of drug-likeness (QED) is 0.747. The van der Waals surface area contributed by atoms with E-state index in [0.717, 1.165) is 35.2 Å². The topological polar surface area (TPSA) is 100 Å². The van der Waals surface area contributed by atoms with Gasteiger partial charge in [0.2, 0.25) is 12.7 Å². The summed E-state index contributed by atoms with van der Waals surface area (Å²) in [5.74, 6) is 2.58. The van der Waals surface area contributed by atoms with Crippen LogP contribution in [0, 0.1) is 0 Å². The average molecular weight is 352 g/mol. The van der Waals surface area contributed by atoms with Gasteiger partial charge in [-0.1, -0.05) is 12.8 Å². The fourth-order valence-electron chi connectivity index (χ4n) is 3.68. The number of rotatable bonds is 3. The number of anilines is 2. The molecule has 0 saturated heterocycles. The summed E-state index contributed by atoms with van der Waals surface area (Å²) in [6.07, 6.45) is 4.77. The molecule has 0 bridgehead atoms. The van der Waals surface area contributed by atoms with E-state index in [0.29, 0.717) is 29.2 Å². The van der Waals surface area contributed by atoms with Crippen LogP contribution in [-0.2, 0) is 7.05 Å². The van der Waals surface area contributed by atoms with Crippen LogP contribution in [0.4, 0.5) is 11.8 Å². The van der Waals surface area contributed by atoms with Gasteiger partial charge in [-0.3, -0.25) is 4.68 Å². The van der Waals surface area contributed by atoms with E-state index in [1.165, 1.54) is 12.8 Å². The lowest BCUT2D eigenvalue weighted by Crippen LogP contribution is -2.17. The van der Waals surface area contributed by atoms with E-state index >= 15 is 0 Å². The van der Waals surface area contributed by atoms with Gasteiger partial charge >= 0.3 is 0 Å². The van der Waals surface area contributed by atoms with Crippen molar-refractivity contribution in [2.24, 2.45) is 7.05 Å². The van der Waals surface area contributed by atoms with Gasteiger partial charge in [-0.15, -0.1) is 0 Å². The number of hydrogen-bond donors (Lipinski definition) is 2. The number of aryl methyl sites for hydroxylation is 1. The number of hydrogen-bond acceptors (Lipinski definition) is 7. The van der Waals surface area contributed by atoms with E-state index in [-0.39, 0.29) is 6.79 Å². The molecule has 0 atom stereocenters. The lowest BCUT2D eigenvalue weighted by molar-refractivity contribution is 0.174. The lowest BCUT2D eigenvalue weighted by atomic mass is 10.1. The Balaban J connectivity index is 1.66. The van der Waals surface area contributed by atoms with Crippen LogP contribution in [-0.4, -0.2) is 32.6 Å². The van der Waals surface area contributed by atoms with Crippen molar-refractivity contribution in [1.29, 1.82) is 0 Å². The molecule has 1 aliphatic heterocycles. The van der Waals surface area contributed by atoms with Crippen LogP contribution in [0.15, 0.2) is 18.2 Å². The highest BCUT2D eigenvalue weighted by Crippen LogP contribution is 2.38. The van der Waals surface area contributed by atoms with E-state index in [2.05, 4.69) is 15.4 Å². The number of fused-ring (bicyclic) bond motifs is 2. The largest absolute Gasteiger partial charge is 0.454 e. The zero-order chi connectivity index (χ0) is 17.7. The van der Waals surface area contributed by atoms with Crippen molar-refractivity contribution in [3.63, 3.8) is 0 Å². The first kappa shape index (κ1) is 15.2. The average Bonchev–Trinajstić information content (AvgIpc) is 3.36. The molecule has 0 amide bonds. The molecule has 26 heavy (non-hydrogen) atoms. The molecule has 5 rings (SSSR count). The summed E-state index contributed by atoms with van der Waals surface area (Å²) >= 11 is 0.